The van der Waals surface area contributed by atoms with Gasteiger partial charge >= 0.3 is 0 Å². The van der Waals surface area contributed by atoms with E-state index >= 15 is 0 Å². The minimum Gasteiger partial charge on any atom is -0.312 e. The van der Waals surface area contributed by atoms with Gasteiger partial charge in [-0.05, 0) is 24.9 Å². The summed E-state index contributed by atoms with van der Waals surface area (Å²) < 4.78 is 0. The number of hydrogen-bond acceptors (Lipinski definition) is 6. The fourth-order valence-electron chi connectivity index (χ4n) is 4.19. The molecule has 2 N–H and O–H groups in total. The van der Waals surface area contributed by atoms with E-state index in [9.17, 15) is 4.79 Å². The highest BCUT2D eigenvalue weighted by molar-refractivity contribution is 7.09. The summed E-state index contributed by atoms with van der Waals surface area (Å²) in [7, 11) is 0. The van der Waals surface area contributed by atoms with Crippen molar-refractivity contribution in [3.8, 4) is 11.4 Å². The predicted molar refractivity (Wildman–Crippen MR) is 110 cm³/mol. The smallest absolute Gasteiger partial charge is 0.255 e. The summed E-state index contributed by atoms with van der Waals surface area (Å²) >= 11 is 1.75. The van der Waals surface area contributed by atoms with Crippen molar-refractivity contribution in [3.05, 3.63) is 68.0 Å². The molecule has 0 spiro atoms. The highest BCUT2D eigenvalue weighted by Crippen LogP contribution is 2.34. The molecule has 1 fully saturated rings. The van der Waals surface area contributed by atoms with Gasteiger partial charge in [-0.15, -0.1) is 11.3 Å². The highest BCUT2D eigenvalue weighted by Gasteiger charge is 2.27. The lowest BCUT2D eigenvalue weighted by Crippen LogP contribution is -2.31. The Kier molecular flexibility index (Phi) is 4.80. The molecule has 144 valence electrons. The zero-order chi connectivity index (χ0) is 18.9. The molecular weight excluding hydrogens is 370 g/mol. The van der Waals surface area contributed by atoms with E-state index in [0.717, 1.165) is 42.9 Å². The second-order valence-electron chi connectivity index (χ2n) is 7.46. The van der Waals surface area contributed by atoms with Crippen LogP contribution < -0.4 is 10.9 Å². The maximum absolute atomic E-state index is 12.4. The van der Waals surface area contributed by atoms with Gasteiger partial charge in [0, 0.05) is 43.2 Å². The molecule has 2 aliphatic heterocycles. The normalized spacial score (nSPS) is 19.6. The zero-order valence-electron chi connectivity index (χ0n) is 15.6. The third-order valence-corrected chi connectivity index (χ3v) is 6.53. The molecule has 6 nitrogen and oxygen atoms in total. The molecule has 28 heavy (non-hydrogen) atoms. The number of nitrogens with one attached hydrogen (secondary N) is 2. The minimum absolute atomic E-state index is 0.0281. The van der Waals surface area contributed by atoms with Gasteiger partial charge in [0.25, 0.3) is 5.56 Å². The third-order valence-electron chi connectivity index (χ3n) is 5.65. The van der Waals surface area contributed by atoms with Crippen molar-refractivity contribution >= 4 is 11.3 Å². The maximum atomic E-state index is 12.4. The first kappa shape index (κ1) is 17.7. The molecule has 1 atom stereocenters. The summed E-state index contributed by atoms with van der Waals surface area (Å²) in [5.41, 5.74) is 3.90. The molecule has 4 heterocycles. The van der Waals surface area contributed by atoms with Crippen LogP contribution in [0, 0.1) is 0 Å². The van der Waals surface area contributed by atoms with Crippen LogP contribution in [0.2, 0.25) is 0 Å². The first-order valence-electron chi connectivity index (χ1n) is 9.83. The van der Waals surface area contributed by atoms with Gasteiger partial charge in [-0.2, -0.15) is 0 Å². The Morgan fingerprint density at radius 3 is 2.96 bits per heavy atom. The number of nitrogens with zero attached hydrogens (tertiary/aromatic N) is 3. The average Bonchev–Trinajstić information content (AvgIpc) is 3.40. The first-order chi connectivity index (χ1) is 13.8. The van der Waals surface area contributed by atoms with Crippen molar-refractivity contribution in [1.29, 1.82) is 0 Å². The van der Waals surface area contributed by atoms with E-state index in [1.165, 1.54) is 23.4 Å². The summed E-state index contributed by atoms with van der Waals surface area (Å²) in [6.07, 6.45) is 5.10. The van der Waals surface area contributed by atoms with Crippen LogP contribution in [0.25, 0.3) is 11.4 Å². The van der Waals surface area contributed by atoms with Gasteiger partial charge in [-0.3, -0.25) is 9.69 Å². The van der Waals surface area contributed by atoms with Crippen LogP contribution in [0.5, 0.6) is 0 Å². The van der Waals surface area contributed by atoms with Crippen LogP contribution in [0.4, 0.5) is 0 Å². The Morgan fingerprint density at radius 2 is 2.14 bits per heavy atom. The Hall–Kier alpha value is -2.35. The molecule has 0 saturated carbocycles. The number of hydrogen-bond donors (Lipinski definition) is 2. The Balaban J connectivity index is 1.35. The van der Waals surface area contributed by atoms with Gasteiger partial charge in [-0.1, -0.05) is 24.3 Å². The van der Waals surface area contributed by atoms with E-state index in [1.54, 1.807) is 11.3 Å². The first-order valence-corrected chi connectivity index (χ1v) is 10.7. The van der Waals surface area contributed by atoms with Crippen molar-refractivity contribution in [2.45, 2.75) is 38.4 Å². The van der Waals surface area contributed by atoms with E-state index in [4.69, 9.17) is 4.98 Å². The zero-order valence-corrected chi connectivity index (χ0v) is 16.5. The molecule has 7 heteroatoms. The van der Waals surface area contributed by atoms with Crippen molar-refractivity contribution in [2.75, 3.05) is 13.1 Å². The highest BCUT2D eigenvalue weighted by atomic mass is 32.1. The number of likely N-dealkylation sites (tertiary alicyclic amines) is 1. The Labute approximate surface area is 167 Å². The average molecular weight is 394 g/mol. The van der Waals surface area contributed by atoms with Gasteiger partial charge < -0.3 is 10.3 Å². The van der Waals surface area contributed by atoms with Crippen LogP contribution in [-0.4, -0.2) is 32.9 Å². The molecule has 5 rings (SSSR count). The van der Waals surface area contributed by atoms with Gasteiger partial charge in [0.1, 0.15) is 10.8 Å². The molecule has 3 aromatic rings. The monoisotopic (exact) mass is 393 g/mol. The molecule has 0 bridgehead atoms. The van der Waals surface area contributed by atoms with Gasteiger partial charge in [-0.25, -0.2) is 9.97 Å². The number of aromatic nitrogens is 3. The number of H-pyrrole nitrogens is 1. The molecule has 0 amide bonds. The number of aromatic amines is 1. The van der Waals surface area contributed by atoms with E-state index in [1.807, 2.05) is 6.20 Å². The van der Waals surface area contributed by atoms with E-state index in [0.29, 0.717) is 18.4 Å². The summed E-state index contributed by atoms with van der Waals surface area (Å²) in [6, 6.07) is 8.86. The van der Waals surface area contributed by atoms with Crippen molar-refractivity contribution < 1.29 is 0 Å². The van der Waals surface area contributed by atoms with Gasteiger partial charge in [0.05, 0.1) is 17.3 Å². The number of rotatable bonds is 4. The van der Waals surface area contributed by atoms with Gasteiger partial charge in [0.2, 0.25) is 0 Å². The van der Waals surface area contributed by atoms with Crippen molar-refractivity contribution in [1.82, 2.24) is 25.2 Å². The van der Waals surface area contributed by atoms with E-state index < -0.39 is 0 Å². The second kappa shape index (κ2) is 7.58. The SMILES string of the molecule is O=c1[nH]c(-c2ccc(CN3CCC[C@H]3c3nccs3)cc2)nc2c1CNCC2. The summed E-state index contributed by atoms with van der Waals surface area (Å²) in [6.45, 7) is 3.51. The van der Waals surface area contributed by atoms with Crippen LogP contribution in [-0.2, 0) is 19.5 Å². The third kappa shape index (κ3) is 3.41. The molecule has 0 unspecified atom stereocenters. The van der Waals surface area contributed by atoms with E-state index in [-0.39, 0.29) is 5.56 Å². The summed E-state index contributed by atoms with van der Waals surface area (Å²) in [5.74, 6) is 0.666. The second-order valence-corrected chi connectivity index (χ2v) is 8.39. The lowest BCUT2D eigenvalue weighted by atomic mass is 10.1. The Morgan fingerprint density at radius 1 is 1.25 bits per heavy atom. The van der Waals surface area contributed by atoms with Crippen LogP contribution in [0.3, 0.4) is 0 Å². The maximum Gasteiger partial charge on any atom is 0.255 e. The molecule has 0 aliphatic carbocycles. The lowest BCUT2D eigenvalue weighted by Gasteiger charge is -2.22. The molecule has 2 aliphatic rings. The van der Waals surface area contributed by atoms with Gasteiger partial charge in [0.15, 0.2) is 0 Å². The Bertz CT molecular complexity index is 1010. The van der Waals surface area contributed by atoms with Crippen molar-refractivity contribution in [3.63, 3.8) is 0 Å². The molecule has 1 aromatic carbocycles. The molecule has 1 saturated heterocycles. The molecular formula is C21H23N5OS. The fraction of sp³-hybridized carbons (Fsp3) is 0.381. The van der Waals surface area contributed by atoms with Crippen LogP contribution in [0.1, 0.15) is 40.7 Å². The minimum atomic E-state index is -0.0281. The quantitative estimate of drug-likeness (QED) is 0.713. The van der Waals surface area contributed by atoms with Crippen LogP contribution >= 0.6 is 11.3 Å². The summed E-state index contributed by atoms with van der Waals surface area (Å²) in [4.78, 5) is 27.0. The number of fused-ring (bicyclic) bond motifs is 1. The summed E-state index contributed by atoms with van der Waals surface area (Å²) in [5, 5.41) is 6.51. The fourth-order valence-corrected chi connectivity index (χ4v) is 4.99. The number of thiazole rings is 1. The largest absolute Gasteiger partial charge is 0.312 e. The predicted octanol–water partition coefficient (Wildman–Crippen LogP) is 2.88. The standard InChI is InChI=1S/C21H23N5OS/c27-20-16-12-22-8-7-17(16)24-19(25-20)15-5-3-14(4-6-15)13-26-10-1-2-18(26)21-23-9-11-28-21/h3-6,9,11,18,22H,1-2,7-8,10,12-13H2,(H,24,25,27)/t18-/m0/s1. The van der Waals surface area contributed by atoms with E-state index in [2.05, 4.69) is 49.8 Å². The number of benzene rings is 1. The lowest BCUT2D eigenvalue weighted by molar-refractivity contribution is 0.248. The molecule has 0 radical (unpaired) electrons. The molecule has 2 aromatic heterocycles. The topological polar surface area (TPSA) is 73.9 Å². The van der Waals surface area contributed by atoms with Crippen LogP contribution in [0.15, 0.2) is 40.6 Å². The van der Waals surface area contributed by atoms with Crippen molar-refractivity contribution in [2.24, 2.45) is 0 Å².